The highest BCUT2D eigenvalue weighted by atomic mass is 16.1. The van der Waals surface area contributed by atoms with Gasteiger partial charge >= 0.3 is 0 Å². The summed E-state index contributed by atoms with van der Waals surface area (Å²) in [5, 5.41) is 6.10. The molecule has 2 heterocycles. The van der Waals surface area contributed by atoms with Crippen molar-refractivity contribution in [2.24, 2.45) is 5.73 Å². The summed E-state index contributed by atoms with van der Waals surface area (Å²) >= 11 is 0. The molecule has 1 saturated heterocycles. The number of nitrogen functional groups attached to an aromatic ring is 1. The molecule has 116 valence electrons. The first-order chi connectivity index (χ1) is 9.95. The van der Waals surface area contributed by atoms with E-state index in [9.17, 15) is 4.79 Å². The summed E-state index contributed by atoms with van der Waals surface area (Å²) < 4.78 is 0. The molecule has 7 heteroatoms. The lowest BCUT2D eigenvalue weighted by molar-refractivity contribution is -0.119. The van der Waals surface area contributed by atoms with Crippen LogP contribution in [0.1, 0.15) is 20.3 Å². The van der Waals surface area contributed by atoms with Crippen LogP contribution < -0.4 is 27.0 Å². The van der Waals surface area contributed by atoms with E-state index in [0.717, 1.165) is 25.3 Å². The minimum absolute atomic E-state index is 0.00593. The first kappa shape index (κ1) is 15.4. The number of nitrogens with zero attached hydrogens (tertiary/aromatic N) is 2. The summed E-state index contributed by atoms with van der Waals surface area (Å²) in [7, 11) is 0. The summed E-state index contributed by atoms with van der Waals surface area (Å²) in [4.78, 5) is 17.8. The van der Waals surface area contributed by atoms with E-state index in [1.165, 1.54) is 0 Å². The molecular formula is C14H24N6O. The van der Waals surface area contributed by atoms with Gasteiger partial charge in [0.15, 0.2) is 5.82 Å². The summed E-state index contributed by atoms with van der Waals surface area (Å²) in [5.41, 5.74) is 12.3. The second kappa shape index (κ2) is 6.62. The molecule has 0 aromatic carbocycles. The van der Waals surface area contributed by atoms with E-state index < -0.39 is 0 Å². The van der Waals surface area contributed by atoms with Crippen molar-refractivity contribution in [3.63, 3.8) is 0 Å². The van der Waals surface area contributed by atoms with Crippen LogP contribution in [0.3, 0.4) is 0 Å². The Kier molecular flexibility index (Phi) is 4.85. The average molecular weight is 292 g/mol. The Balaban J connectivity index is 2.03. The molecule has 0 spiro atoms. The second-order valence-electron chi connectivity index (χ2n) is 5.60. The molecular weight excluding hydrogens is 268 g/mol. The number of hydrogen-bond donors (Lipinski definition) is 4. The Hall–Kier alpha value is -2.02. The Labute approximate surface area is 125 Å². The fourth-order valence-corrected chi connectivity index (χ4v) is 2.41. The number of hydrogen-bond acceptors (Lipinski definition) is 6. The molecule has 1 amide bonds. The van der Waals surface area contributed by atoms with Gasteiger partial charge in [-0.05, 0) is 25.5 Å². The van der Waals surface area contributed by atoms with Crippen molar-refractivity contribution in [1.29, 1.82) is 0 Å². The highest BCUT2D eigenvalue weighted by molar-refractivity contribution is 5.73. The maximum atomic E-state index is 11.1. The average Bonchev–Trinajstić information content (AvgIpc) is 2.85. The van der Waals surface area contributed by atoms with Crippen LogP contribution in [-0.4, -0.2) is 42.6 Å². The van der Waals surface area contributed by atoms with Gasteiger partial charge in [-0.15, -0.1) is 0 Å². The number of amides is 1. The van der Waals surface area contributed by atoms with Crippen LogP contribution in [0.5, 0.6) is 0 Å². The van der Waals surface area contributed by atoms with Crippen LogP contribution in [0, 0.1) is 0 Å². The number of carbonyl (C=O) groups is 1. The van der Waals surface area contributed by atoms with Gasteiger partial charge in [-0.25, -0.2) is 4.98 Å². The van der Waals surface area contributed by atoms with Crippen LogP contribution >= 0.6 is 0 Å². The highest BCUT2D eigenvalue weighted by Gasteiger charge is 2.24. The van der Waals surface area contributed by atoms with Crippen molar-refractivity contribution in [1.82, 2.24) is 10.3 Å². The summed E-state index contributed by atoms with van der Waals surface area (Å²) in [6.45, 7) is 5.72. The van der Waals surface area contributed by atoms with Gasteiger partial charge < -0.3 is 27.0 Å². The fraction of sp³-hybridized carbons (Fsp3) is 0.571. The zero-order valence-electron chi connectivity index (χ0n) is 12.6. The van der Waals surface area contributed by atoms with Crippen LogP contribution in [0.15, 0.2) is 12.1 Å². The monoisotopic (exact) mass is 292 g/mol. The van der Waals surface area contributed by atoms with Gasteiger partial charge in [0.1, 0.15) is 5.82 Å². The number of nitrogens with one attached hydrogen (secondary N) is 2. The first-order valence-corrected chi connectivity index (χ1v) is 7.23. The number of rotatable bonds is 5. The SMILES string of the molecule is CC(=O)NC1CCN(c2ccc(N)c(NCC(C)N)n2)C1. The molecule has 0 bridgehead atoms. The van der Waals surface area contributed by atoms with Crippen LogP contribution in [-0.2, 0) is 4.79 Å². The van der Waals surface area contributed by atoms with E-state index in [1.54, 1.807) is 6.92 Å². The van der Waals surface area contributed by atoms with Crippen molar-refractivity contribution >= 4 is 23.2 Å². The van der Waals surface area contributed by atoms with Gasteiger partial charge in [-0.1, -0.05) is 0 Å². The molecule has 1 aromatic rings. The highest BCUT2D eigenvalue weighted by Crippen LogP contribution is 2.24. The predicted molar refractivity (Wildman–Crippen MR) is 85.2 cm³/mol. The van der Waals surface area contributed by atoms with Gasteiger partial charge in [-0.2, -0.15) is 0 Å². The number of pyridine rings is 1. The van der Waals surface area contributed by atoms with Gasteiger partial charge in [0.2, 0.25) is 5.91 Å². The Morgan fingerprint density at radius 2 is 2.33 bits per heavy atom. The summed E-state index contributed by atoms with van der Waals surface area (Å²) in [6, 6.07) is 3.97. The molecule has 1 fully saturated rings. The summed E-state index contributed by atoms with van der Waals surface area (Å²) in [5.74, 6) is 1.53. The van der Waals surface area contributed by atoms with E-state index in [4.69, 9.17) is 11.5 Å². The predicted octanol–water partition coefficient (Wildman–Crippen LogP) is 0.138. The van der Waals surface area contributed by atoms with Gasteiger partial charge in [0.05, 0.1) is 5.69 Å². The van der Waals surface area contributed by atoms with Crippen molar-refractivity contribution in [2.75, 3.05) is 35.6 Å². The summed E-state index contributed by atoms with van der Waals surface area (Å²) in [6.07, 6.45) is 0.925. The molecule has 0 saturated carbocycles. The molecule has 1 aromatic heterocycles. The molecule has 2 rings (SSSR count). The molecule has 0 aliphatic carbocycles. The van der Waals surface area contributed by atoms with Crippen molar-refractivity contribution in [3.05, 3.63) is 12.1 Å². The number of aromatic nitrogens is 1. The van der Waals surface area contributed by atoms with Gasteiger partial charge in [0, 0.05) is 38.6 Å². The van der Waals surface area contributed by atoms with Crippen molar-refractivity contribution in [2.45, 2.75) is 32.4 Å². The molecule has 1 aliphatic heterocycles. The zero-order valence-corrected chi connectivity index (χ0v) is 12.6. The van der Waals surface area contributed by atoms with Gasteiger partial charge in [-0.3, -0.25) is 4.79 Å². The number of anilines is 3. The van der Waals surface area contributed by atoms with Crippen LogP contribution in [0.25, 0.3) is 0 Å². The molecule has 2 atom stereocenters. The van der Waals surface area contributed by atoms with Crippen molar-refractivity contribution in [3.8, 4) is 0 Å². The molecule has 2 unspecified atom stereocenters. The molecule has 7 nitrogen and oxygen atoms in total. The third-order valence-corrected chi connectivity index (χ3v) is 3.42. The number of carbonyl (C=O) groups excluding carboxylic acids is 1. The minimum Gasteiger partial charge on any atom is -0.396 e. The molecule has 1 aliphatic rings. The third kappa shape index (κ3) is 4.22. The molecule has 0 radical (unpaired) electrons. The van der Waals surface area contributed by atoms with E-state index in [-0.39, 0.29) is 18.0 Å². The lowest BCUT2D eigenvalue weighted by Crippen LogP contribution is -2.35. The Morgan fingerprint density at radius 1 is 1.57 bits per heavy atom. The standard InChI is InChI=1S/C14H24N6O/c1-9(15)7-17-14-12(16)3-4-13(19-14)20-6-5-11(8-20)18-10(2)21/h3-4,9,11H,5-8,15-16H2,1-2H3,(H,17,19)(H,18,21). The first-order valence-electron chi connectivity index (χ1n) is 7.23. The maximum Gasteiger partial charge on any atom is 0.217 e. The topological polar surface area (TPSA) is 109 Å². The van der Waals surface area contributed by atoms with Crippen LogP contribution in [0.4, 0.5) is 17.3 Å². The van der Waals surface area contributed by atoms with E-state index >= 15 is 0 Å². The lowest BCUT2D eigenvalue weighted by atomic mass is 10.2. The maximum absolute atomic E-state index is 11.1. The smallest absolute Gasteiger partial charge is 0.217 e. The van der Waals surface area contributed by atoms with Crippen molar-refractivity contribution < 1.29 is 4.79 Å². The van der Waals surface area contributed by atoms with E-state index in [2.05, 4.69) is 20.5 Å². The molecule has 21 heavy (non-hydrogen) atoms. The van der Waals surface area contributed by atoms with E-state index in [1.807, 2.05) is 19.1 Å². The largest absolute Gasteiger partial charge is 0.396 e. The number of nitrogens with two attached hydrogens (primary N) is 2. The minimum atomic E-state index is 0.00593. The van der Waals surface area contributed by atoms with Gasteiger partial charge in [0.25, 0.3) is 0 Å². The normalized spacial score (nSPS) is 19.4. The third-order valence-electron chi connectivity index (χ3n) is 3.42. The Bertz CT molecular complexity index is 504. The second-order valence-corrected chi connectivity index (χ2v) is 5.60. The Morgan fingerprint density at radius 3 is 3.00 bits per heavy atom. The van der Waals surface area contributed by atoms with Crippen LogP contribution in [0.2, 0.25) is 0 Å². The molecule has 6 N–H and O–H groups in total. The quantitative estimate of drug-likeness (QED) is 0.614. The fourth-order valence-electron chi connectivity index (χ4n) is 2.41. The lowest BCUT2D eigenvalue weighted by Gasteiger charge is -2.20. The zero-order chi connectivity index (χ0) is 15.4. The van der Waals surface area contributed by atoms with E-state index in [0.29, 0.717) is 18.1 Å².